The predicted octanol–water partition coefficient (Wildman–Crippen LogP) is 2.16. The second-order valence-corrected chi connectivity index (χ2v) is 3.40. The van der Waals surface area contributed by atoms with Crippen LogP contribution in [0.3, 0.4) is 0 Å². The maximum atomic E-state index is 5.45. The molecule has 2 nitrogen and oxygen atoms in total. The molecule has 0 aromatic heterocycles. The lowest BCUT2D eigenvalue weighted by Crippen LogP contribution is -2.03. The molecule has 2 heteroatoms. The summed E-state index contributed by atoms with van der Waals surface area (Å²) in [6.45, 7) is 4.12. The molecule has 74 valence electrons. The van der Waals surface area contributed by atoms with Gasteiger partial charge in [0.25, 0.3) is 0 Å². The van der Waals surface area contributed by atoms with Crippen molar-refractivity contribution in [1.29, 1.82) is 0 Å². The van der Waals surface area contributed by atoms with E-state index in [1.54, 1.807) is 0 Å². The lowest BCUT2D eigenvalue weighted by atomic mass is 10.1. The summed E-state index contributed by atoms with van der Waals surface area (Å²) >= 11 is 0. The van der Waals surface area contributed by atoms with Gasteiger partial charge in [-0.05, 0) is 5.56 Å². The highest BCUT2D eigenvalue weighted by molar-refractivity contribution is 5.17. The van der Waals surface area contributed by atoms with Crippen LogP contribution in [0.5, 0.6) is 0 Å². The summed E-state index contributed by atoms with van der Waals surface area (Å²) in [6.07, 6.45) is 3.03. The van der Waals surface area contributed by atoms with Gasteiger partial charge in [-0.3, -0.25) is 0 Å². The van der Waals surface area contributed by atoms with Crippen LogP contribution in [-0.4, -0.2) is 18.8 Å². The Kier molecular flexibility index (Phi) is 2.84. The van der Waals surface area contributed by atoms with E-state index in [9.17, 15) is 0 Å². The smallest absolute Gasteiger partial charge is 0.118 e. The number of epoxide rings is 1. The van der Waals surface area contributed by atoms with Crippen LogP contribution in [0.15, 0.2) is 43.2 Å². The maximum absolute atomic E-state index is 5.45. The molecule has 0 saturated carbocycles. The van der Waals surface area contributed by atoms with Gasteiger partial charge in [-0.15, -0.1) is 0 Å². The third-order valence-corrected chi connectivity index (χ3v) is 2.35. The summed E-state index contributed by atoms with van der Waals surface area (Å²) in [7, 11) is 0. The van der Waals surface area contributed by atoms with Gasteiger partial charge in [0.05, 0.1) is 12.4 Å². The third kappa shape index (κ3) is 2.36. The molecule has 0 spiro atoms. The van der Waals surface area contributed by atoms with Gasteiger partial charge in [-0.1, -0.05) is 36.9 Å². The minimum Gasteiger partial charge on any atom is -0.499 e. The van der Waals surface area contributed by atoms with Gasteiger partial charge in [0.2, 0.25) is 0 Å². The Hall–Kier alpha value is -1.28. The molecule has 1 aromatic rings. The lowest BCUT2D eigenvalue weighted by Gasteiger charge is -1.97. The van der Waals surface area contributed by atoms with Crippen molar-refractivity contribution in [2.75, 3.05) is 6.61 Å². The molecule has 1 aliphatic rings. The summed E-state index contributed by atoms with van der Waals surface area (Å²) in [4.78, 5) is 0. The fourth-order valence-electron chi connectivity index (χ4n) is 1.51. The minimum atomic E-state index is 0.258. The molecule has 0 amide bonds. The van der Waals surface area contributed by atoms with E-state index in [4.69, 9.17) is 9.47 Å². The van der Waals surface area contributed by atoms with Crippen molar-refractivity contribution in [3.63, 3.8) is 0 Å². The SMILES string of the molecule is C=COCC1OC1Cc1ccccc1. The molecule has 0 N–H and O–H groups in total. The zero-order valence-electron chi connectivity index (χ0n) is 8.06. The summed E-state index contributed by atoms with van der Waals surface area (Å²) in [5.74, 6) is 0. The van der Waals surface area contributed by atoms with Crippen LogP contribution >= 0.6 is 0 Å². The van der Waals surface area contributed by atoms with Gasteiger partial charge < -0.3 is 9.47 Å². The van der Waals surface area contributed by atoms with Crippen LogP contribution in [-0.2, 0) is 15.9 Å². The van der Waals surface area contributed by atoms with Gasteiger partial charge in [0.1, 0.15) is 12.7 Å². The summed E-state index contributed by atoms with van der Waals surface area (Å²) in [5, 5.41) is 0. The molecule has 2 atom stereocenters. The Morgan fingerprint density at radius 3 is 2.79 bits per heavy atom. The van der Waals surface area contributed by atoms with Gasteiger partial charge in [0, 0.05) is 6.42 Å². The van der Waals surface area contributed by atoms with Crippen molar-refractivity contribution < 1.29 is 9.47 Å². The molecule has 1 aromatic carbocycles. The Labute approximate surface area is 84.2 Å². The predicted molar refractivity (Wildman–Crippen MR) is 55.0 cm³/mol. The Morgan fingerprint density at radius 1 is 1.29 bits per heavy atom. The number of benzene rings is 1. The van der Waals surface area contributed by atoms with E-state index in [0.717, 1.165) is 6.42 Å². The van der Waals surface area contributed by atoms with E-state index < -0.39 is 0 Å². The van der Waals surface area contributed by atoms with Crippen LogP contribution in [0.1, 0.15) is 5.56 Å². The lowest BCUT2D eigenvalue weighted by molar-refractivity contribution is 0.212. The third-order valence-electron chi connectivity index (χ3n) is 2.35. The van der Waals surface area contributed by atoms with E-state index >= 15 is 0 Å². The first-order chi connectivity index (χ1) is 6.90. The van der Waals surface area contributed by atoms with Crippen molar-refractivity contribution in [3.8, 4) is 0 Å². The van der Waals surface area contributed by atoms with Crippen molar-refractivity contribution >= 4 is 0 Å². The molecule has 0 aliphatic carbocycles. The van der Waals surface area contributed by atoms with Gasteiger partial charge in [-0.25, -0.2) is 0 Å². The molecule has 1 aliphatic heterocycles. The fourth-order valence-corrected chi connectivity index (χ4v) is 1.51. The molecule has 1 saturated heterocycles. The van der Waals surface area contributed by atoms with Gasteiger partial charge >= 0.3 is 0 Å². The van der Waals surface area contributed by atoms with Crippen molar-refractivity contribution in [2.24, 2.45) is 0 Å². The largest absolute Gasteiger partial charge is 0.499 e. The first-order valence-corrected chi connectivity index (χ1v) is 4.82. The molecule has 0 bridgehead atoms. The maximum Gasteiger partial charge on any atom is 0.118 e. The van der Waals surface area contributed by atoms with Crippen LogP contribution in [0.25, 0.3) is 0 Å². The zero-order chi connectivity index (χ0) is 9.80. The normalized spacial score (nSPS) is 24.3. The van der Waals surface area contributed by atoms with Crippen molar-refractivity contribution in [2.45, 2.75) is 18.6 Å². The van der Waals surface area contributed by atoms with Crippen LogP contribution < -0.4 is 0 Å². The quantitative estimate of drug-likeness (QED) is 0.524. The number of ether oxygens (including phenoxy) is 2. The van der Waals surface area contributed by atoms with E-state index in [2.05, 4.69) is 18.7 Å². The molecule has 1 heterocycles. The zero-order valence-corrected chi connectivity index (χ0v) is 8.06. The number of hydrogen-bond acceptors (Lipinski definition) is 2. The van der Waals surface area contributed by atoms with E-state index in [1.807, 2.05) is 18.2 Å². The summed E-state index contributed by atoms with van der Waals surface area (Å²) in [5.41, 5.74) is 1.32. The summed E-state index contributed by atoms with van der Waals surface area (Å²) < 4.78 is 10.5. The number of hydrogen-bond donors (Lipinski definition) is 0. The van der Waals surface area contributed by atoms with Crippen LogP contribution in [0.4, 0.5) is 0 Å². The molecule has 0 radical (unpaired) electrons. The molecule has 14 heavy (non-hydrogen) atoms. The standard InChI is InChI=1S/C12H14O2/c1-2-13-9-12-11(14-12)8-10-6-4-3-5-7-10/h2-7,11-12H,1,8-9H2. The first kappa shape index (κ1) is 9.28. The van der Waals surface area contributed by atoms with Crippen LogP contribution in [0, 0.1) is 0 Å². The Morgan fingerprint density at radius 2 is 2.07 bits per heavy atom. The van der Waals surface area contributed by atoms with E-state index in [1.165, 1.54) is 11.8 Å². The van der Waals surface area contributed by atoms with Crippen LogP contribution in [0.2, 0.25) is 0 Å². The van der Waals surface area contributed by atoms with Gasteiger partial charge in [0.15, 0.2) is 0 Å². The van der Waals surface area contributed by atoms with Crippen molar-refractivity contribution in [3.05, 3.63) is 48.7 Å². The second-order valence-electron chi connectivity index (χ2n) is 3.40. The molecular weight excluding hydrogens is 176 g/mol. The average Bonchev–Trinajstić information content (AvgIpc) is 2.95. The average molecular weight is 190 g/mol. The fraction of sp³-hybridized carbons (Fsp3) is 0.333. The highest BCUT2D eigenvalue weighted by Crippen LogP contribution is 2.26. The highest BCUT2D eigenvalue weighted by atomic mass is 16.6. The topological polar surface area (TPSA) is 21.8 Å². The monoisotopic (exact) mass is 190 g/mol. The molecule has 1 fully saturated rings. The van der Waals surface area contributed by atoms with Crippen molar-refractivity contribution in [1.82, 2.24) is 0 Å². The number of rotatable bonds is 5. The Bertz CT molecular complexity index is 294. The molecule has 2 rings (SSSR count). The second kappa shape index (κ2) is 4.29. The van der Waals surface area contributed by atoms with Gasteiger partial charge in [-0.2, -0.15) is 0 Å². The Balaban J connectivity index is 1.76. The molecular formula is C12H14O2. The highest BCUT2D eigenvalue weighted by Gasteiger charge is 2.38. The first-order valence-electron chi connectivity index (χ1n) is 4.82. The minimum absolute atomic E-state index is 0.258. The summed E-state index contributed by atoms with van der Waals surface area (Å²) in [6, 6.07) is 10.4. The van der Waals surface area contributed by atoms with E-state index in [0.29, 0.717) is 12.7 Å². The van der Waals surface area contributed by atoms with E-state index in [-0.39, 0.29) is 6.10 Å². The molecule has 2 unspecified atom stereocenters.